The average Bonchev–Trinajstić information content (AvgIpc) is 3.54. The van der Waals surface area contributed by atoms with E-state index in [2.05, 4.69) is 37.1 Å². The van der Waals surface area contributed by atoms with Crippen molar-refractivity contribution in [2.24, 2.45) is 16.1 Å². The predicted octanol–water partition coefficient (Wildman–Crippen LogP) is 7.62. The van der Waals surface area contributed by atoms with E-state index in [1.54, 1.807) is 19.2 Å². The molecule has 0 fully saturated rings. The first kappa shape index (κ1) is 42.0. The highest BCUT2D eigenvalue weighted by molar-refractivity contribution is 7.94. The molecule has 3 heterocycles. The minimum absolute atomic E-state index is 0.260. The number of nitrogens with zero attached hydrogens (tertiary/aromatic N) is 4. The zero-order chi connectivity index (χ0) is 38.8. The molecule has 1 aromatic rings. The minimum Gasteiger partial charge on any atom is -0.366 e. The lowest BCUT2D eigenvalue weighted by Gasteiger charge is -2.34. The molecule has 11 nitrogen and oxygen atoms in total. The minimum atomic E-state index is -0.714. The molecule has 2 amide bonds. The maximum atomic E-state index is 13.1. The van der Waals surface area contributed by atoms with Crippen LogP contribution in [0.25, 0.3) is 0 Å². The topological polar surface area (TPSA) is 152 Å². The molecule has 1 aromatic carbocycles. The second kappa shape index (κ2) is 19.0. The van der Waals surface area contributed by atoms with E-state index in [1.807, 2.05) is 66.9 Å². The van der Waals surface area contributed by atoms with E-state index in [4.69, 9.17) is 15.6 Å². The number of primary amides is 1. The summed E-state index contributed by atoms with van der Waals surface area (Å²) in [5.74, 6) is 0.292. The van der Waals surface area contributed by atoms with Gasteiger partial charge in [-0.3, -0.25) is 19.4 Å². The molecule has 14 heteroatoms. The number of allylic oxidation sites excluding steroid dienone is 8. The van der Waals surface area contributed by atoms with E-state index in [9.17, 15) is 23.2 Å². The molecule has 0 bridgehead atoms. The highest BCUT2D eigenvalue weighted by atomic mass is 32.2. The Labute approximate surface area is 325 Å². The molecule has 2 atom stereocenters. The van der Waals surface area contributed by atoms with Crippen LogP contribution in [0.3, 0.4) is 0 Å². The number of hydrogen-bond acceptors (Lipinski definition) is 12. The highest BCUT2D eigenvalue weighted by Gasteiger charge is 2.44. The van der Waals surface area contributed by atoms with E-state index in [0.29, 0.717) is 65.5 Å². The number of fused-ring (bicyclic) bond motifs is 2. The van der Waals surface area contributed by atoms with E-state index in [0.717, 1.165) is 52.3 Å². The third-order valence-electron chi connectivity index (χ3n) is 9.56. The average molecular weight is 780 g/mol. The monoisotopic (exact) mass is 779 g/mol. The largest absolute Gasteiger partial charge is 0.366 e. The quantitative estimate of drug-likeness (QED) is 0.0383. The summed E-state index contributed by atoms with van der Waals surface area (Å²) in [5.41, 5.74) is 10.0. The van der Waals surface area contributed by atoms with Crippen molar-refractivity contribution >= 4 is 59.3 Å². The van der Waals surface area contributed by atoms with Crippen LogP contribution in [0.4, 0.5) is 5.69 Å². The molecule has 0 spiro atoms. The molecule has 53 heavy (non-hydrogen) atoms. The predicted molar refractivity (Wildman–Crippen MR) is 220 cm³/mol. The SMILES string of the molecule is C=C/C=C(\C=C/C1(C)\C(=C/C=C/C=C/C2=NC3C(=CC(C(=O)N(C)OC)=CN3CCCSO)C2(C)C)N(CCCSO)c2ccc(SO)cc21)C(N)=O. The number of anilines is 1. The number of aliphatic imine (C=N–C) groups is 1. The van der Waals surface area contributed by atoms with Crippen molar-refractivity contribution < 1.29 is 28.1 Å². The van der Waals surface area contributed by atoms with Crippen molar-refractivity contribution in [2.75, 3.05) is 43.7 Å². The molecule has 284 valence electrons. The Hall–Kier alpha value is -3.76. The third kappa shape index (κ3) is 9.49. The third-order valence-corrected chi connectivity index (χ3v) is 11.0. The van der Waals surface area contributed by atoms with Crippen LogP contribution in [0.5, 0.6) is 0 Å². The van der Waals surface area contributed by atoms with Crippen molar-refractivity contribution in [1.82, 2.24) is 9.96 Å². The number of carbonyl (C=O) groups is 2. The summed E-state index contributed by atoms with van der Waals surface area (Å²) >= 11 is 2.27. The Bertz CT molecular complexity index is 1800. The van der Waals surface area contributed by atoms with Gasteiger partial charge in [0.15, 0.2) is 0 Å². The maximum absolute atomic E-state index is 13.1. The summed E-state index contributed by atoms with van der Waals surface area (Å²) in [6, 6.07) is 5.79. The summed E-state index contributed by atoms with van der Waals surface area (Å²) < 4.78 is 28.7. The van der Waals surface area contributed by atoms with Crippen LogP contribution in [0, 0.1) is 5.41 Å². The van der Waals surface area contributed by atoms with E-state index >= 15 is 0 Å². The normalized spacial score (nSPS) is 21.7. The molecule has 0 saturated heterocycles. The van der Waals surface area contributed by atoms with Gasteiger partial charge in [0.25, 0.3) is 5.91 Å². The first-order chi connectivity index (χ1) is 25.4. The number of amides is 2. The van der Waals surface area contributed by atoms with Gasteiger partial charge >= 0.3 is 0 Å². The van der Waals surface area contributed by atoms with Gasteiger partial charge in [-0.1, -0.05) is 63.0 Å². The van der Waals surface area contributed by atoms with Gasteiger partial charge in [0.1, 0.15) is 6.17 Å². The number of nitrogens with two attached hydrogens (primary N) is 1. The molecule has 2 unspecified atom stereocenters. The summed E-state index contributed by atoms with van der Waals surface area (Å²) in [4.78, 5) is 40.5. The number of carbonyl (C=O) groups excluding carboxylic acids is 2. The van der Waals surface area contributed by atoms with Crippen LogP contribution in [-0.4, -0.2) is 86.1 Å². The molecule has 4 rings (SSSR count). The molecule has 0 radical (unpaired) electrons. The Balaban J connectivity index is 1.70. The summed E-state index contributed by atoms with van der Waals surface area (Å²) in [6.45, 7) is 11.2. The molecule has 0 aliphatic carbocycles. The van der Waals surface area contributed by atoms with Gasteiger partial charge in [-0.25, -0.2) is 5.06 Å². The van der Waals surface area contributed by atoms with Crippen LogP contribution in [0.1, 0.15) is 39.2 Å². The Kier molecular flexibility index (Phi) is 15.1. The molecule has 3 aliphatic rings. The van der Waals surface area contributed by atoms with Gasteiger partial charge < -0.3 is 29.2 Å². The van der Waals surface area contributed by atoms with Crippen LogP contribution < -0.4 is 10.6 Å². The molecular formula is C39H49N5O6S3. The van der Waals surface area contributed by atoms with Crippen molar-refractivity contribution in [3.63, 3.8) is 0 Å². The van der Waals surface area contributed by atoms with Crippen molar-refractivity contribution in [1.29, 1.82) is 0 Å². The van der Waals surface area contributed by atoms with Crippen LogP contribution >= 0.6 is 36.1 Å². The molecule has 0 aromatic heterocycles. The number of hydrogen-bond donors (Lipinski definition) is 4. The van der Waals surface area contributed by atoms with Gasteiger partial charge in [-0.15, -0.1) is 0 Å². The van der Waals surface area contributed by atoms with Gasteiger partial charge in [-0.05, 0) is 91.4 Å². The molecular weight excluding hydrogens is 731 g/mol. The zero-order valence-electron chi connectivity index (χ0n) is 30.8. The van der Waals surface area contributed by atoms with E-state index < -0.39 is 16.7 Å². The Morgan fingerprint density at radius 2 is 1.81 bits per heavy atom. The van der Waals surface area contributed by atoms with Crippen molar-refractivity contribution in [3.05, 3.63) is 120 Å². The standard InChI is InChI=1S/C39H49N5O6S3/c1-7-13-27(35(40)45)18-19-39(4)30-25-29(53-49)16-17-32(30)44(21-12-23-52-48)34(39)15-10-8-9-14-33-38(2,3)31-24-28(37(46)42(5)50-6)26-43(36(31)41-33)20-11-22-51-47/h7-10,13-19,24-26,36,47-49H,1,11-12,20-23H2,2-6H3,(H2,40,45)/b10-8+,14-9+,19-18-,27-13+,34-15+. The van der Waals surface area contributed by atoms with E-state index in [-0.39, 0.29) is 12.1 Å². The fraction of sp³-hybridized carbons (Fsp3) is 0.359. The number of rotatable bonds is 18. The number of hydroxylamine groups is 2. The summed E-state index contributed by atoms with van der Waals surface area (Å²) in [6.07, 6.45) is 21.5. The number of benzene rings is 1. The molecule has 5 N–H and O–H groups in total. The molecule has 3 aliphatic heterocycles. The second-order valence-electron chi connectivity index (χ2n) is 13.3. The molecule has 0 saturated carbocycles. The first-order valence-electron chi connectivity index (χ1n) is 17.1. The fourth-order valence-corrected chi connectivity index (χ4v) is 7.44. The van der Waals surface area contributed by atoms with Gasteiger partial charge in [-0.2, -0.15) is 0 Å². The fourth-order valence-electron chi connectivity index (χ4n) is 6.63. The van der Waals surface area contributed by atoms with Crippen LogP contribution in [-0.2, 0) is 19.8 Å². The van der Waals surface area contributed by atoms with E-state index in [1.165, 1.54) is 18.2 Å². The number of likely N-dealkylation sites (N-methyl/N-ethyl adjacent to an activating group) is 1. The Morgan fingerprint density at radius 3 is 2.45 bits per heavy atom. The maximum Gasteiger partial charge on any atom is 0.278 e. The zero-order valence-corrected chi connectivity index (χ0v) is 33.2. The van der Waals surface area contributed by atoms with Gasteiger partial charge in [0.05, 0.1) is 18.1 Å². The van der Waals surface area contributed by atoms with Gasteiger partial charge in [0, 0.05) is 82.9 Å². The van der Waals surface area contributed by atoms with Crippen LogP contribution in [0.15, 0.2) is 124 Å². The smallest absolute Gasteiger partial charge is 0.278 e. The lowest BCUT2D eigenvalue weighted by atomic mass is 9.78. The summed E-state index contributed by atoms with van der Waals surface area (Å²) in [5, 5.41) is 1.20. The van der Waals surface area contributed by atoms with Crippen molar-refractivity contribution in [2.45, 2.75) is 50.1 Å². The van der Waals surface area contributed by atoms with Gasteiger partial charge in [0.2, 0.25) is 5.91 Å². The Morgan fingerprint density at radius 1 is 1.09 bits per heavy atom. The lowest BCUT2D eigenvalue weighted by molar-refractivity contribution is -0.163. The second-order valence-corrected chi connectivity index (χ2v) is 15.3. The lowest BCUT2D eigenvalue weighted by Crippen LogP contribution is -2.38. The van der Waals surface area contributed by atoms with Crippen molar-refractivity contribution in [3.8, 4) is 0 Å². The summed E-state index contributed by atoms with van der Waals surface area (Å²) in [7, 11) is 3.03. The van der Waals surface area contributed by atoms with Crippen LogP contribution in [0.2, 0.25) is 0 Å². The highest BCUT2D eigenvalue weighted by Crippen LogP contribution is 2.50. The first-order valence-corrected chi connectivity index (χ1v) is 19.8.